The fourth-order valence-corrected chi connectivity index (χ4v) is 5.67. The van der Waals surface area contributed by atoms with E-state index in [0.29, 0.717) is 25.9 Å². The van der Waals surface area contributed by atoms with Gasteiger partial charge in [-0.2, -0.15) is 17.5 Å². The van der Waals surface area contributed by atoms with Gasteiger partial charge in [-0.05, 0) is 49.9 Å². The average molecular weight is 433 g/mol. The van der Waals surface area contributed by atoms with E-state index in [1.807, 2.05) is 0 Å². The molecule has 0 spiro atoms. The molecule has 1 aromatic rings. The molecule has 1 N–H and O–H groups in total. The van der Waals surface area contributed by atoms with Crippen molar-refractivity contribution in [3.8, 4) is 0 Å². The second-order valence-corrected chi connectivity index (χ2v) is 9.79. The minimum atomic E-state index is -4.34. The highest BCUT2D eigenvalue weighted by molar-refractivity contribution is 7.89. The Kier molecular flexibility index (Phi) is 6.88. The van der Waals surface area contributed by atoms with Crippen molar-refractivity contribution in [2.75, 3.05) is 13.1 Å². The maximum Gasteiger partial charge on any atom is 0.393 e. The van der Waals surface area contributed by atoms with Crippen LogP contribution in [-0.4, -0.2) is 43.9 Å². The maximum atomic E-state index is 13.2. The van der Waals surface area contributed by atoms with Crippen LogP contribution in [-0.2, 0) is 10.0 Å². The summed E-state index contributed by atoms with van der Waals surface area (Å²) < 4.78 is 66.7. The number of hydrogen-bond acceptors (Lipinski definition) is 3. The summed E-state index contributed by atoms with van der Waals surface area (Å²) in [6.07, 6.45) is 0.756. The molecule has 1 aromatic carbocycles. The van der Waals surface area contributed by atoms with E-state index in [-0.39, 0.29) is 23.3 Å². The molecule has 1 saturated carbocycles. The summed E-state index contributed by atoms with van der Waals surface area (Å²) in [5.74, 6) is -2.15. The molecule has 5 nitrogen and oxygen atoms in total. The molecule has 1 heterocycles. The van der Waals surface area contributed by atoms with Crippen molar-refractivity contribution in [1.82, 2.24) is 9.62 Å². The van der Waals surface area contributed by atoms with Gasteiger partial charge in [0, 0.05) is 24.7 Å². The first-order chi connectivity index (χ1) is 13.7. The van der Waals surface area contributed by atoms with Gasteiger partial charge in [0.15, 0.2) is 0 Å². The molecule has 2 fully saturated rings. The first-order valence-electron chi connectivity index (χ1n) is 10.2. The summed E-state index contributed by atoms with van der Waals surface area (Å²) >= 11 is 0. The summed E-state index contributed by atoms with van der Waals surface area (Å²) in [5.41, 5.74) is 0.159. The SMILES string of the molecule is O=C(NC1CCCCC1C(F)(F)F)c1ccc(S(=O)(=O)N2CCCCCC2)cc1. The minimum absolute atomic E-state index is 0.0153. The van der Waals surface area contributed by atoms with E-state index in [0.717, 1.165) is 25.7 Å². The maximum absolute atomic E-state index is 13.2. The quantitative estimate of drug-likeness (QED) is 0.779. The van der Waals surface area contributed by atoms with E-state index in [9.17, 15) is 26.4 Å². The normalized spacial score (nSPS) is 24.7. The second kappa shape index (κ2) is 9.04. The van der Waals surface area contributed by atoms with Gasteiger partial charge < -0.3 is 5.32 Å². The lowest BCUT2D eigenvalue weighted by molar-refractivity contribution is -0.187. The number of carbonyl (C=O) groups excluding carboxylic acids is 1. The Labute approximate surface area is 169 Å². The molecule has 1 saturated heterocycles. The van der Waals surface area contributed by atoms with Crippen molar-refractivity contribution >= 4 is 15.9 Å². The number of nitrogens with one attached hydrogen (secondary N) is 1. The van der Waals surface area contributed by atoms with E-state index < -0.39 is 34.1 Å². The van der Waals surface area contributed by atoms with E-state index in [4.69, 9.17) is 0 Å². The van der Waals surface area contributed by atoms with Crippen LogP contribution in [0.3, 0.4) is 0 Å². The van der Waals surface area contributed by atoms with Crippen LogP contribution in [0.4, 0.5) is 13.2 Å². The molecule has 162 valence electrons. The van der Waals surface area contributed by atoms with Crippen LogP contribution in [0.1, 0.15) is 61.7 Å². The van der Waals surface area contributed by atoms with Crippen molar-refractivity contribution in [3.63, 3.8) is 0 Å². The standard InChI is InChI=1S/C20H27F3N2O3S/c21-20(22,23)17-7-3-4-8-18(17)24-19(26)15-9-11-16(12-10-15)29(27,28)25-13-5-1-2-6-14-25/h9-12,17-18H,1-8,13-14H2,(H,24,26). The van der Waals surface area contributed by atoms with Crippen molar-refractivity contribution < 1.29 is 26.4 Å². The molecule has 2 atom stereocenters. The van der Waals surface area contributed by atoms with Gasteiger partial charge in [-0.15, -0.1) is 0 Å². The van der Waals surface area contributed by atoms with Crippen LogP contribution in [0.15, 0.2) is 29.2 Å². The van der Waals surface area contributed by atoms with E-state index >= 15 is 0 Å². The second-order valence-electron chi connectivity index (χ2n) is 7.86. The topological polar surface area (TPSA) is 66.5 Å². The first kappa shape index (κ1) is 22.1. The molecule has 0 aromatic heterocycles. The summed E-state index contributed by atoms with van der Waals surface area (Å²) in [6.45, 7) is 0.955. The molecule has 0 bridgehead atoms. The molecule has 1 aliphatic carbocycles. The highest BCUT2D eigenvalue weighted by Gasteiger charge is 2.46. The highest BCUT2D eigenvalue weighted by Crippen LogP contribution is 2.37. The number of carbonyl (C=O) groups is 1. The highest BCUT2D eigenvalue weighted by atomic mass is 32.2. The Bertz CT molecular complexity index is 801. The van der Waals surface area contributed by atoms with Gasteiger partial charge in [0.25, 0.3) is 5.91 Å². The largest absolute Gasteiger partial charge is 0.393 e. The Hall–Kier alpha value is -1.61. The van der Waals surface area contributed by atoms with Gasteiger partial charge in [0.1, 0.15) is 0 Å². The number of sulfonamides is 1. The molecule has 3 rings (SSSR count). The van der Waals surface area contributed by atoms with E-state index in [2.05, 4.69) is 5.32 Å². The lowest BCUT2D eigenvalue weighted by Crippen LogP contribution is -2.47. The third-order valence-corrected chi connectivity index (χ3v) is 7.74. The van der Waals surface area contributed by atoms with Crippen molar-refractivity contribution in [2.45, 2.75) is 68.5 Å². The summed E-state index contributed by atoms with van der Waals surface area (Å²) in [4.78, 5) is 12.6. The van der Waals surface area contributed by atoms with Gasteiger partial charge in [-0.1, -0.05) is 25.7 Å². The van der Waals surface area contributed by atoms with Crippen LogP contribution in [0.25, 0.3) is 0 Å². The third kappa shape index (κ3) is 5.31. The summed E-state index contributed by atoms with van der Waals surface area (Å²) in [6, 6.07) is 4.50. The Morgan fingerprint density at radius 2 is 1.52 bits per heavy atom. The smallest absolute Gasteiger partial charge is 0.349 e. The predicted octanol–water partition coefficient (Wildman–Crippen LogP) is 4.10. The van der Waals surface area contributed by atoms with E-state index in [1.165, 1.54) is 28.6 Å². The predicted molar refractivity (Wildman–Crippen MR) is 103 cm³/mol. The number of benzene rings is 1. The van der Waals surface area contributed by atoms with Crippen LogP contribution >= 0.6 is 0 Å². The third-order valence-electron chi connectivity index (χ3n) is 5.82. The van der Waals surface area contributed by atoms with Crippen molar-refractivity contribution in [1.29, 1.82) is 0 Å². The van der Waals surface area contributed by atoms with Crippen LogP contribution in [0.5, 0.6) is 0 Å². The number of halogens is 3. The van der Waals surface area contributed by atoms with Gasteiger partial charge in [0.2, 0.25) is 10.0 Å². The molecule has 0 radical (unpaired) electrons. The summed E-state index contributed by atoms with van der Waals surface area (Å²) in [7, 11) is -3.63. The molecular formula is C20H27F3N2O3S. The molecule has 1 amide bonds. The zero-order valence-electron chi connectivity index (χ0n) is 16.2. The van der Waals surface area contributed by atoms with Crippen molar-refractivity contribution in [2.24, 2.45) is 5.92 Å². The Balaban J connectivity index is 1.70. The molecular weight excluding hydrogens is 405 g/mol. The van der Waals surface area contributed by atoms with Gasteiger partial charge >= 0.3 is 6.18 Å². The molecule has 29 heavy (non-hydrogen) atoms. The van der Waals surface area contributed by atoms with Crippen molar-refractivity contribution in [3.05, 3.63) is 29.8 Å². The average Bonchev–Trinajstić information content (AvgIpc) is 2.98. The zero-order chi connectivity index (χ0) is 21.1. The Morgan fingerprint density at radius 1 is 0.931 bits per heavy atom. The van der Waals surface area contributed by atoms with E-state index in [1.54, 1.807) is 0 Å². The first-order valence-corrected chi connectivity index (χ1v) is 11.6. The van der Waals surface area contributed by atoms with Crippen LogP contribution in [0.2, 0.25) is 0 Å². The minimum Gasteiger partial charge on any atom is -0.349 e. The molecule has 9 heteroatoms. The van der Waals surface area contributed by atoms with Gasteiger partial charge in [-0.3, -0.25) is 4.79 Å². The fraction of sp³-hybridized carbons (Fsp3) is 0.650. The number of amides is 1. The Morgan fingerprint density at radius 3 is 2.10 bits per heavy atom. The van der Waals surface area contributed by atoms with Gasteiger partial charge in [0.05, 0.1) is 10.8 Å². The van der Waals surface area contributed by atoms with Gasteiger partial charge in [-0.25, -0.2) is 8.42 Å². The number of nitrogens with zero attached hydrogens (tertiary/aromatic N) is 1. The zero-order valence-corrected chi connectivity index (χ0v) is 17.1. The number of rotatable bonds is 4. The van der Waals surface area contributed by atoms with Crippen LogP contribution in [0, 0.1) is 5.92 Å². The number of alkyl halides is 3. The monoisotopic (exact) mass is 432 g/mol. The lowest BCUT2D eigenvalue weighted by Gasteiger charge is -2.33. The van der Waals surface area contributed by atoms with Crippen LogP contribution < -0.4 is 5.32 Å². The molecule has 2 aliphatic rings. The lowest BCUT2D eigenvalue weighted by atomic mass is 9.84. The molecule has 1 aliphatic heterocycles. The number of hydrogen-bond donors (Lipinski definition) is 1. The fourth-order valence-electron chi connectivity index (χ4n) is 4.16. The summed E-state index contributed by atoms with van der Waals surface area (Å²) in [5, 5.41) is 2.50. The molecule has 2 unspecified atom stereocenters.